The molecule has 43 heavy (non-hydrogen) atoms. The number of rotatable bonds is 12. The summed E-state index contributed by atoms with van der Waals surface area (Å²) >= 11 is 0. The molecule has 0 saturated heterocycles. The zero-order valence-electron chi connectivity index (χ0n) is 27.7. The van der Waals surface area contributed by atoms with Crippen molar-refractivity contribution in [1.29, 1.82) is 0 Å². The first-order chi connectivity index (χ1) is 20.5. The maximum Gasteiger partial charge on any atom is 0.306 e. The average Bonchev–Trinajstić information content (AvgIpc) is 3.32. The van der Waals surface area contributed by atoms with Gasteiger partial charge in [0.2, 0.25) is 0 Å². The summed E-state index contributed by atoms with van der Waals surface area (Å²) < 4.78 is 6.02. The Hall–Kier alpha value is -1.95. The number of hydrogen-bond acceptors (Lipinski definition) is 6. The lowest BCUT2D eigenvalue weighted by atomic mass is 9.44. The Balaban J connectivity index is 1.08. The molecule has 1 aromatic carbocycles. The van der Waals surface area contributed by atoms with Crippen molar-refractivity contribution in [3.05, 3.63) is 18.2 Å². The van der Waals surface area contributed by atoms with E-state index in [1.54, 1.807) is 18.2 Å². The topological polar surface area (TPSA) is 96.8 Å². The molecule has 0 bridgehead atoms. The Kier molecular flexibility index (Phi) is 10.2. The maximum atomic E-state index is 12.7. The molecule has 0 aliphatic heterocycles. The first kappa shape index (κ1) is 32.4. The first-order valence-electron chi connectivity index (χ1n) is 17.6. The highest BCUT2D eigenvalue weighted by Crippen LogP contribution is 2.68. The summed E-state index contributed by atoms with van der Waals surface area (Å²) in [6.45, 7) is 12.9. The number of carbonyl (C=O) groups excluding carboxylic acids is 1. The highest BCUT2D eigenvalue weighted by atomic mass is 17.2. The van der Waals surface area contributed by atoms with Crippen LogP contribution >= 0.6 is 0 Å². The van der Waals surface area contributed by atoms with Crippen LogP contribution in [0.3, 0.4) is 0 Å². The molecule has 0 amide bonds. The summed E-state index contributed by atoms with van der Waals surface area (Å²) in [6, 6.07) is 5.02. The summed E-state index contributed by atoms with van der Waals surface area (Å²) in [5, 5.41) is 0. The molecular formula is C37H60N2O4. The minimum atomic E-state index is -0.123. The van der Waals surface area contributed by atoms with Gasteiger partial charge in [0.25, 0.3) is 0 Å². The van der Waals surface area contributed by atoms with Crippen LogP contribution in [-0.2, 0) is 14.4 Å². The fourth-order valence-corrected chi connectivity index (χ4v) is 10.6. The minimum absolute atomic E-state index is 0.0581. The largest absolute Gasteiger partial charge is 0.462 e. The summed E-state index contributed by atoms with van der Waals surface area (Å²) in [5.41, 5.74) is 13.6. The lowest BCUT2D eigenvalue weighted by Crippen LogP contribution is -2.54. The second kappa shape index (κ2) is 13.6. The minimum Gasteiger partial charge on any atom is -0.462 e. The number of ether oxygens (including phenoxy) is 1. The molecule has 9 atom stereocenters. The molecule has 0 radical (unpaired) electrons. The molecule has 4 N–H and O–H groups in total. The predicted molar refractivity (Wildman–Crippen MR) is 174 cm³/mol. The number of benzene rings is 1. The van der Waals surface area contributed by atoms with Crippen molar-refractivity contribution in [1.82, 2.24) is 0 Å². The third kappa shape index (κ3) is 6.99. The van der Waals surface area contributed by atoms with Crippen LogP contribution in [0.25, 0.3) is 0 Å². The first-order valence-corrected chi connectivity index (χ1v) is 17.6. The molecular weight excluding hydrogens is 536 g/mol. The maximum absolute atomic E-state index is 12.7. The van der Waals surface area contributed by atoms with Crippen molar-refractivity contribution >= 4 is 17.3 Å². The van der Waals surface area contributed by atoms with E-state index in [9.17, 15) is 4.79 Å². The van der Waals surface area contributed by atoms with E-state index in [4.69, 9.17) is 26.0 Å². The van der Waals surface area contributed by atoms with E-state index in [1.165, 1.54) is 64.2 Å². The van der Waals surface area contributed by atoms with Gasteiger partial charge in [-0.1, -0.05) is 53.9 Å². The fraction of sp³-hybridized carbons (Fsp3) is 0.811. The van der Waals surface area contributed by atoms with Crippen LogP contribution < -0.4 is 16.4 Å². The zero-order chi connectivity index (χ0) is 30.8. The van der Waals surface area contributed by atoms with Gasteiger partial charge in [-0.25, -0.2) is 0 Å². The molecule has 9 unspecified atom stereocenters. The number of nitrogens with two attached hydrogens (primary N) is 2. The van der Waals surface area contributed by atoms with Gasteiger partial charge in [-0.2, -0.15) is 4.89 Å². The lowest BCUT2D eigenvalue weighted by Gasteiger charge is -2.61. The summed E-state index contributed by atoms with van der Waals surface area (Å²) in [4.78, 5) is 23.2. The van der Waals surface area contributed by atoms with E-state index in [0.29, 0.717) is 46.7 Å². The van der Waals surface area contributed by atoms with Gasteiger partial charge in [-0.3, -0.25) is 4.79 Å². The number of fused-ring (bicyclic) bond motifs is 5. The normalized spacial score (nSPS) is 36.0. The molecule has 4 saturated carbocycles. The second-order valence-corrected chi connectivity index (χ2v) is 15.9. The molecule has 0 aromatic heterocycles. The Morgan fingerprint density at radius 1 is 0.930 bits per heavy atom. The van der Waals surface area contributed by atoms with Crippen LogP contribution in [0.5, 0.6) is 5.75 Å². The number of esters is 1. The van der Waals surface area contributed by atoms with Gasteiger partial charge < -0.3 is 21.1 Å². The molecule has 6 nitrogen and oxygen atoms in total. The van der Waals surface area contributed by atoms with E-state index in [1.807, 2.05) is 0 Å². The molecule has 0 spiro atoms. The Morgan fingerprint density at radius 3 is 2.49 bits per heavy atom. The van der Waals surface area contributed by atoms with Gasteiger partial charge in [0.15, 0.2) is 5.75 Å². The molecule has 4 aliphatic carbocycles. The van der Waals surface area contributed by atoms with Crippen molar-refractivity contribution in [2.45, 2.75) is 131 Å². The average molecular weight is 597 g/mol. The smallest absolute Gasteiger partial charge is 0.306 e. The molecule has 5 rings (SSSR count). The van der Waals surface area contributed by atoms with Crippen molar-refractivity contribution in [3.8, 4) is 5.75 Å². The zero-order valence-corrected chi connectivity index (χ0v) is 27.7. The van der Waals surface area contributed by atoms with Crippen LogP contribution in [0, 0.1) is 52.3 Å². The summed E-state index contributed by atoms with van der Waals surface area (Å²) in [7, 11) is 0. The Labute approximate surface area is 261 Å². The number of carbonyl (C=O) groups is 1. The van der Waals surface area contributed by atoms with Crippen molar-refractivity contribution in [3.63, 3.8) is 0 Å². The van der Waals surface area contributed by atoms with E-state index in [0.717, 1.165) is 48.3 Å². The quantitative estimate of drug-likeness (QED) is 0.0822. The van der Waals surface area contributed by atoms with Crippen LogP contribution in [0.2, 0.25) is 0 Å². The number of nitrogen functional groups attached to an aromatic ring is 2. The Bertz CT molecular complexity index is 1090. The number of hydrogen-bond donors (Lipinski definition) is 2. The lowest BCUT2D eigenvalue weighted by molar-refractivity contribution is -0.207. The second-order valence-electron chi connectivity index (χ2n) is 15.9. The van der Waals surface area contributed by atoms with Gasteiger partial charge in [-0.15, -0.1) is 0 Å². The molecule has 242 valence electrons. The van der Waals surface area contributed by atoms with Crippen LogP contribution in [0.4, 0.5) is 11.4 Å². The molecule has 4 aliphatic rings. The van der Waals surface area contributed by atoms with Crippen LogP contribution in [0.15, 0.2) is 18.2 Å². The van der Waals surface area contributed by atoms with Gasteiger partial charge >= 0.3 is 5.97 Å². The van der Waals surface area contributed by atoms with Gasteiger partial charge in [0.1, 0.15) is 6.10 Å². The van der Waals surface area contributed by atoms with E-state index >= 15 is 0 Å². The highest BCUT2D eigenvalue weighted by Gasteiger charge is 2.60. The summed E-state index contributed by atoms with van der Waals surface area (Å²) in [5.74, 6) is 6.22. The van der Waals surface area contributed by atoms with E-state index in [2.05, 4.69) is 34.6 Å². The molecule has 6 heteroatoms. The van der Waals surface area contributed by atoms with Gasteiger partial charge in [-0.05, 0) is 129 Å². The monoisotopic (exact) mass is 596 g/mol. The van der Waals surface area contributed by atoms with Crippen LogP contribution in [0.1, 0.15) is 125 Å². The molecule has 0 heterocycles. The molecule has 4 fully saturated rings. The van der Waals surface area contributed by atoms with Crippen LogP contribution in [-0.4, -0.2) is 18.7 Å². The third-order valence-electron chi connectivity index (χ3n) is 12.9. The van der Waals surface area contributed by atoms with Crippen molar-refractivity contribution < 1.29 is 19.3 Å². The third-order valence-corrected chi connectivity index (χ3v) is 12.9. The van der Waals surface area contributed by atoms with Crippen molar-refractivity contribution in [2.75, 3.05) is 18.1 Å². The van der Waals surface area contributed by atoms with Gasteiger partial charge in [0, 0.05) is 18.2 Å². The van der Waals surface area contributed by atoms with E-state index in [-0.39, 0.29) is 18.7 Å². The predicted octanol–water partition coefficient (Wildman–Crippen LogP) is 8.97. The van der Waals surface area contributed by atoms with Gasteiger partial charge in [0.05, 0.1) is 12.3 Å². The van der Waals surface area contributed by atoms with Crippen molar-refractivity contribution in [2.24, 2.45) is 52.3 Å². The fourth-order valence-electron chi connectivity index (χ4n) is 10.6. The summed E-state index contributed by atoms with van der Waals surface area (Å²) in [6.07, 6.45) is 16.8. The number of anilines is 2. The molecule has 1 aromatic rings. The SMILES string of the molecule is CC(C)CCCC(C)C1CCC2C3CCC4CC(OC(=O)CCCOOc5cc(N)ccc5N)CCC4(C)C3CCC12C. The van der Waals surface area contributed by atoms with E-state index < -0.39 is 0 Å². The standard InChI is InChI=1S/C37H60N2O4/c1-24(2)8-6-9-25(3)30-14-15-31-29-13-11-26-22-28(17-19-36(26,4)32(29)18-20-37(30,31)5)42-35(40)10-7-21-41-43-34-23-27(38)12-16-33(34)39/h12,16,23-26,28-32H,6-11,13-15,17-22,38-39H2,1-5H3. The Morgan fingerprint density at radius 2 is 1.70 bits per heavy atom. The highest BCUT2D eigenvalue weighted by molar-refractivity contribution is 5.69.